The van der Waals surface area contributed by atoms with Gasteiger partial charge in [-0.3, -0.25) is 9.36 Å². The van der Waals surface area contributed by atoms with Gasteiger partial charge in [0.25, 0.3) is 0 Å². The minimum atomic E-state index is -0.228. The van der Waals surface area contributed by atoms with Gasteiger partial charge in [0.15, 0.2) is 5.78 Å². The molecule has 0 bridgehead atoms. The van der Waals surface area contributed by atoms with Crippen LogP contribution in [0, 0.1) is 5.92 Å². The molecule has 0 radical (unpaired) electrons. The van der Waals surface area contributed by atoms with Crippen molar-refractivity contribution < 1.29 is 4.79 Å². The monoisotopic (exact) mass is 181 g/mol. The fraction of sp³-hybridized carbons (Fsp3) is 0.625. The Kier molecular flexibility index (Phi) is 1.79. The lowest BCUT2D eigenvalue weighted by atomic mass is 10.3. The molecule has 1 saturated carbocycles. The lowest BCUT2D eigenvalue weighted by Gasteiger charge is -1.95. The molecule has 1 aliphatic rings. The standard InChI is InChI=1S/C8H11N3O2/c1-10-5-9-11(8(10)13)4-7(12)6-2-3-6/h5-6H,2-4H2,1H3. The number of hydrogen-bond acceptors (Lipinski definition) is 3. The molecule has 1 aliphatic carbocycles. The van der Waals surface area contributed by atoms with E-state index in [0.717, 1.165) is 12.8 Å². The molecule has 0 saturated heterocycles. The number of rotatable bonds is 3. The van der Waals surface area contributed by atoms with E-state index in [0.29, 0.717) is 0 Å². The molecule has 0 N–H and O–H groups in total. The van der Waals surface area contributed by atoms with Crippen molar-refractivity contribution >= 4 is 5.78 Å². The van der Waals surface area contributed by atoms with Gasteiger partial charge in [0.05, 0.1) is 0 Å². The maximum absolute atomic E-state index is 11.3. The highest BCUT2D eigenvalue weighted by Gasteiger charge is 2.29. The molecule has 13 heavy (non-hydrogen) atoms. The molecule has 0 amide bonds. The number of nitrogens with zero attached hydrogens (tertiary/aromatic N) is 3. The number of aryl methyl sites for hydroxylation is 1. The zero-order valence-corrected chi connectivity index (χ0v) is 7.43. The molecule has 1 aromatic rings. The molecule has 1 heterocycles. The van der Waals surface area contributed by atoms with Gasteiger partial charge in [0, 0.05) is 13.0 Å². The van der Waals surface area contributed by atoms with Crippen molar-refractivity contribution in [1.29, 1.82) is 0 Å². The zero-order chi connectivity index (χ0) is 9.42. The minimum Gasteiger partial charge on any atom is -0.297 e. The number of hydrogen-bond donors (Lipinski definition) is 0. The molecule has 5 nitrogen and oxygen atoms in total. The van der Waals surface area contributed by atoms with Gasteiger partial charge in [-0.2, -0.15) is 5.10 Å². The van der Waals surface area contributed by atoms with Crippen LogP contribution in [0.1, 0.15) is 12.8 Å². The van der Waals surface area contributed by atoms with Crippen LogP contribution in [0.4, 0.5) is 0 Å². The first-order valence-electron chi connectivity index (χ1n) is 4.29. The Morgan fingerprint density at radius 3 is 2.85 bits per heavy atom. The van der Waals surface area contributed by atoms with E-state index in [2.05, 4.69) is 5.10 Å². The van der Waals surface area contributed by atoms with Crippen LogP contribution in [-0.4, -0.2) is 20.1 Å². The third-order valence-corrected chi connectivity index (χ3v) is 2.23. The first kappa shape index (κ1) is 8.22. The van der Waals surface area contributed by atoms with Crippen LogP contribution in [0.15, 0.2) is 11.1 Å². The van der Waals surface area contributed by atoms with Gasteiger partial charge >= 0.3 is 5.69 Å². The predicted molar refractivity (Wildman–Crippen MR) is 45.2 cm³/mol. The molecule has 0 unspecified atom stereocenters. The van der Waals surface area contributed by atoms with Gasteiger partial charge in [0.1, 0.15) is 12.9 Å². The minimum absolute atomic E-state index is 0.126. The largest absolute Gasteiger partial charge is 0.345 e. The van der Waals surface area contributed by atoms with Crippen molar-refractivity contribution in [1.82, 2.24) is 14.3 Å². The van der Waals surface area contributed by atoms with Gasteiger partial charge in [0.2, 0.25) is 0 Å². The van der Waals surface area contributed by atoms with Crippen molar-refractivity contribution in [3.8, 4) is 0 Å². The highest BCUT2D eigenvalue weighted by molar-refractivity contribution is 5.82. The maximum Gasteiger partial charge on any atom is 0.345 e. The van der Waals surface area contributed by atoms with Crippen LogP contribution in [0.5, 0.6) is 0 Å². The molecule has 0 spiro atoms. The third kappa shape index (κ3) is 1.54. The molecule has 2 rings (SSSR count). The first-order chi connectivity index (χ1) is 6.18. The topological polar surface area (TPSA) is 56.9 Å². The second kappa shape index (κ2) is 2.83. The summed E-state index contributed by atoms with van der Waals surface area (Å²) >= 11 is 0. The lowest BCUT2D eigenvalue weighted by molar-refractivity contribution is -0.121. The van der Waals surface area contributed by atoms with E-state index in [-0.39, 0.29) is 23.9 Å². The molecule has 5 heteroatoms. The predicted octanol–water partition coefficient (Wildman–Crippen LogP) is -0.439. The fourth-order valence-electron chi connectivity index (χ4n) is 1.21. The summed E-state index contributed by atoms with van der Waals surface area (Å²) in [4.78, 5) is 22.6. The molecule has 1 fully saturated rings. The van der Waals surface area contributed by atoms with Crippen LogP contribution in [0.3, 0.4) is 0 Å². The number of carbonyl (C=O) groups is 1. The summed E-state index contributed by atoms with van der Waals surface area (Å²) in [7, 11) is 1.62. The SMILES string of the molecule is Cn1cnn(CC(=O)C2CC2)c1=O. The summed E-state index contributed by atoms with van der Waals surface area (Å²) in [6.07, 6.45) is 3.36. The van der Waals surface area contributed by atoms with E-state index in [1.165, 1.54) is 15.6 Å². The fourth-order valence-corrected chi connectivity index (χ4v) is 1.21. The van der Waals surface area contributed by atoms with Crippen LogP contribution in [-0.2, 0) is 18.4 Å². The summed E-state index contributed by atoms with van der Waals surface area (Å²) < 4.78 is 2.57. The molecular weight excluding hydrogens is 170 g/mol. The van der Waals surface area contributed by atoms with E-state index < -0.39 is 0 Å². The number of carbonyl (C=O) groups excluding carboxylic acids is 1. The van der Waals surface area contributed by atoms with Crippen molar-refractivity contribution in [3.05, 3.63) is 16.8 Å². The lowest BCUT2D eigenvalue weighted by Crippen LogP contribution is -2.26. The van der Waals surface area contributed by atoms with Gasteiger partial charge < -0.3 is 0 Å². The Bertz CT molecular complexity index is 386. The van der Waals surface area contributed by atoms with Crippen LogP contribution >= 0.6 is 0 Å². The number of aromatic nitrogens is 3. The summed E-state index contributed by atoms with van der Waals surface area (Å²) in [5.74, 6) is 0.315. The number of Topliss-reactive ketones (excluding diaryl/α,β-unsaturated/α-hetero) is 1. The van der Waals surface area contributed by atoms with Crippen LogP contribution in [0.25, 0.3) is 0 Å². The second-order valence-corrected chi connectivity index (χ2v) is 3.42. The molecule has 1 aromatic heterocycles. The summed E-state index contributed by atoms with van der Waals surface area (Å²) in [5.41, 5.74) is -0.228. The van der Waals surface area contributed by atoms with Crippen LogP contribution in [0.2, 0.25) is 0 Å². The van der Waals surface area contributed by atoms with E-state index in [9.17, 15) is 9.59 Å². The average molecular weight is 181 g/mol. The molecule has 70 valence electrons. The highest BCUT2D eigenvalue weighted by atomic mass is 16.2. The van der Waals surface area contributed by atoms with Gasteiger partial charge in [-0.25, -0.2) is 9.48 Å². The van der Waals surface area contributed by atoms with Gasteiger partial charge in [-0.1, -0.05) is 0 Å². The first-order valence-corrected chi connectivity index (χ1v) is 4.29. The Labute approximate surface area is 75.0 Å². The summed E-state index contributed by atoms with van der Waals surface area (Å²) in [5, 5.41) is 3.81. The quantitative estimate of drug-likeness (QED) is 0.635. The van der Waals surface area contributed by atoms with E-state index >= 15 is 0 Å². The molecule has 0 aromatic carbocycles. The van der Waals surface area contributed by atoms with Crippen molar-refractivity contribution in [3.63, 3.8) is 0 Å². The zero-order valence-electron chi connectivity index (χ0n) is 7.43. The highest BCUT2D eigenvalue weighted by Crippen LogP contribution is 2.29. The normalized spacial score (nSPS) is 16.1. The van der Waals surface area contributed by atoms with E-state index in [1.807, 2.05) is 0 Å². The van der Waals surface area contributed by atoms with Crippen molar-refractivity contribution in [2.75, 3.05) is 0 Å². The van der Waals surface area contributed by atoms with Crippen molar-refractivity contribution in [2.45, 2.75) is 19.4 Å². The molecular formula is C8H11N3O2. The number of ketones is 1. The average Bonchev–Trinajstić information content (AvgIpc) is 2.89. The Hall–Kier alpha value is -1.39. The molecule has 0 atom stereocenters. The summed E-state index contributed by atoms with van der Waals surface area (Å²) in [6, 6.07) is 0. The van der Waals surface area contributed by atoms with Gasteiger partial charge in [-0.05, 0) is 12.8 Å². The maximum atomic E-state index is 11.3. The smallest absolute Gasteiger partial charge is 0.297 e. The van der Waals surface area contributed by atoms with Crippen LogP contribution < -0.4 is 5.69 Å². The van der Waals surface area contributed by atoms with Gasteiger partial charge in [-0.15, -0.1) is 0 Å². The third-order valence-electron chi connectivity index (χ3n) is 2.23. The Morgan fingerprint density at radius 2 is 2.38 bits per heavy atom. The van der Waals surface area contributed by atoms with E-state index in [1.54, 1.807) is 7.05 Å². The van der Waals surface area contributed by atoms with E-state index in [4.69, 9.17) is 0 Å². The Balaban J connectivity index is 2.13. The Morgan fingerprint density at radius 1 is 1.69 bits per heavy atom. The second-order valence-electron chi connectivity index (χ2n) is 3.42. The molecule has 0 aliphatic heterocycles. The van der Waals surface area contributed by atoms with Crippen molar-refractivity contribution in [2.24, 2.45) is 13.0 Å². The summed E-state index contributed by atoms with van der Waals surface area (Å²) in [6.45, 7) is 0.129.